The monoisotopic (exact) mass is 523 g/mol. The number of fused-ring (bicyclic) bond motifs is 1. The molecule has 0 saturated carbocycles. The molecule has 0 saturated heterocycles. The maximum Gasteiger partial charge on any atom is 0.286 e. The van der Waals surface area contributed by atoms with E-state index in [9.17, 15) is 26.7 Å². The molecule has 1 aliphatic rings. The molecule has 0 fully saturated rings. The van der Waals surface area contributed by atoms with E-state index in [1.165, 1.54) is 22.1 Å². The molecule has 0 radical (unpaired) electrons. The molecule has 14 heteroatoms. The zero-order valence-corrected chi connectivity index (χ0v) is 20.5. The number of nitrogens with zero attached hydrogens (tertiary/aromatic N) is 3. The van der Waals surface area contributed by atoms with E-state index in [0.29, 0.717) is 11.3 Å². The molecule has 0 bridgehead atoms. The number of nitrogens with one attached hydrogen (secondary N) is 1. The topological polar surface area (TPSA) is 174 Å². The number of anilines is 1. The van der Waals surface area contributed by atoms with Gasteiger partial charge in [-0.25, -0.2) is 18.2 Å². The predicted molar refractivity (Wildman–Crippen MR) is 128 cm³/mol. The minimum Gasteiger partial charge on any atom is -0.505 e. The van der Waals surface area contributed by atoms with Gasteiger partial charge in [0, 0.05) is 6.54 Å². The number of aryl methyl sites for hydroxylation is 1. The lowest BCUT2D eigenvalue weighted by molar-refractivity contribution is 0.444. The fraction of sp³-hybridized carbons (Fsp3) is 0.250. The summed E-state index contributed by atoms with van der Waals surface area (Å²) >= 11 is 1.29. The van der Waals surface area contributed by atoms with Crippen molar-refractivity contribution in [1.29, 1.82) is 0 Å². The van der Waals surface area contributed by atoms with Gasteiger partial charge in [0.15, 0.2) is 11.6 Å². The van der Waals surface area contributed by atoms with Crippen molar-refractivity contribution in [2.75, 3.05) is 5.32 Å². The lowest BCUT2D eigenvalue weighted by atomic mass is 10.1. The Morgan fingerprint density at radius 1 is 1.26 bits per heavy atom. The number of hydrogen-bond acceptors (Lipinski definition) is 9. The van der Waals surface area contributed by atoms with Crippen LogP contribution in [0, 0.1) is 5.92 Å². The van der Waals surface area contributed by atoms with E-state index in [2.05, 4.69) is 14.8 Å². The fourth-order valence-corrected chi connectivity index (χ4v) is 5.78. The third-order valence-electron chi connectivity index (χ3n) is 5.06. The lowest BCUT2D eigenvalue weighted by Gasteiger charge is -2.20. The summed E-state index contributed by atoms with van der Waals surface area (Å²) in [5, 5.41) is 24.9. The zero-order valence-electron chi connectivity index (χ0n) is 18.1. The first-order chi connectivity index (χ1) is 15.9. The summed E-state index contributed by atoms with van der Waals surface area (Å²) in [5.74, 6) is -0.641. The smallest absolute Gasteiger partial charge is 0.286 e. The molecular weight excluding hydrogens is 502 g/mol. The van der Waals surface area contributed by atoms with E-state index in [-0.39, 0.29) is 29.4 Å². The van der Waals surface area contributed by atoms with Crippen LogP contribution in [0.25, 0.3) is 10.6 Å². The van der Waals surface area contributed by atoms with Crippen molar-refractivity contribution in [2.45, 2.75) is 36.6 Å². The van der Waals surface area contributed by atoms with Crippen molar-refractivity contribution in [3.63, 3.8) is 0 Å². The zero-order chi connectivity index (χ0) is 24.8. The third kappa shape index (κ3) is 4.49. The van der Waals surface area contributed by atoms with Gasteiger partial charge in [-0.2, -0.15) is 13.5 Å². The van der Waals surface area contributed by atoms with Gasteiger partial charge in [0.05, 0.1) is 15.5 Å². The Bertz CT molecular complexity index is 1570. The Morgan fingerprint density at radius 3 is 2.62 bits per heavy atom. The molecule has 1 aromatic carbocycles. The quantitative estimate of drug-likeness (QED) is 0.439. The predicted octanol–water partition coefficient (Wildman–Crippen LogP) is 1.93. The SMILES string of the molecule is CC(C)CCn1nc(-c2cccs2)c(O)c(C2=NS(=O)(=O)c3cc(S(N)(=O)=O)ccc3N2)c1=O. The van der Waals surface area contributed by atoms with Gasteiger partial charge in [0.1, 0.15) is 16.2 Å². The molecule has 180 valence electrons. The summed E-state index contributed by atoms with van der Waals surface area (Å²) in [6.45, 7) is 4.22. The van der Waals surface area contributed by atoms with Gasteiger partial charge in [-0.3, -0.25) is 4.79 Å². The van der Waals surface area contributed by atoms with Crippen LogP contribution >= 0.6 is 11.3 Å². The summed E-state index contributed by atoms with van der Waals surface area (Å²) in [7, 11) is -8.59. The number of hydrogen-bond donors (Lipinski definition) is 3. The fourth-order valence-electron chi connectivity index (χ4n) is 3.31. The van der Waals surface area contributed by atoms with Crippen molar-refractivity contribution in [3.8, 4) is 16.3 Å². The molecule has 4 N–H and O–H groups in total. The van der Waals surface area contributed by atoms with Gasteiger partial charge in [-0.1, -0.05) is 19.9 Å². The van der Waals surface area contributed by atoms with Gasteiger partial charge < -0.3 is 10.4 Å². The normalized spacial score (nSPS) is 15.0. The highest BCUT2D eigenvalue weighted by molar-refractivity contribution is 7.91. The van der Waals surface area contributed by atoms with E-state index >= 15 is 0 Å². The Kier molecular flexibility index (Phi) is 6.10. The van der Waals surface area contributed by atoms with Gasteiger partial charge >= 0.3 is 0 Å². The number of thiophene rings is 1. The highest BCUT2D eigenvalue weighted by Crippen LogP contribution is 2.35. The number of aromatic nitrogens is 2. The van der Waals surface area contributed by atoms with Crippen LogP contribution in [0.1, 0.15) is 25.8 Å². The molecule has 34 heavy (non-hydrogen) atoms. The highest BCUT2D eigenvalue weighted by atomic mass is 32.2. The molecule has 0 amide bonds. The average molecular weight is 524 g/mol. The van der Waals surface area contributed by atoms with Gasteiger partial charge in [0.25, 0.3) is 15.6 Å². The molecular formula is C20H21N5O6S3. The minimum atomic E-state index is -4.43. The summed E-state index contributed by atoms with van der Waals surface area (Å²) in [5.41, 5.74) is -0.971. The van der Waals surface area contributed by atoms with Crippen LogP contribution in [0.2, 0.25) is 0 Å². The molecule has 0 spiro atoms. The molecule has 0 unspecified atom stereocenters. The van der Waals surface area contributed by atoms with Gasteiger partial charge in [-0.15, -0.1) is 15.7 Å². The Hall–Kier alpha value is -3.07. The molecule has 11 nitrogen and oxygen atoms in total. The van der Waals surface area contributed by atoms with Crippen molar-refractivity contribution in [2.24, 2.45) is 15.5 Å². The van der Waals surface area contributed by atoms with Crippen LogP contribution in [0.3, 0.4) is 0 Å². The molecule has 0 atom stereocenters. The number of sulfonamides is 2. The first-order valence-corrected chi connectivity index (χ1v) is 13.9. The maximum atomic E-state index is 13.3. The summed E-state index contributed by atoms with van der Waals surface area (Å²) < 4.78 is 54.0. The molecule has 3 heterocycles. The van der Waals surface area contributed by atoms with Gasteiger partial charge in [0.2, 0.25) is 10.0 Å². The van der Waals surface area contributed by atoms with E-state index in [0.717, 1.165) is 12.1 Å². The van der Waals surface area contributed by atoms with E-state index in [4.69, 9.17) is 5.14 Å². The number of benzene rings is 1. The first-order valence-electron chi connectivity index (χ1n) is 10.1. The van der Waals surface area contributed by atoms with Crippen molar-refractivity contribution >= 4 is 42.9 Å². The number of rotatable bonds is 6. The van der Waals surface area contributed by atoms with E-state index in [1.54, 1.807) is 17.5 Å². The van der Waals surface area contributed by atoms with E-state index < -0.39 is 47.0 Å². The van der Waals surface area contributed by atoms with Crippen LogP contribution in [0.5, 0.6) is 5.75 Å². The number of primary sulfonamides is 1. The van der Waals surface area contributed by atoms with E-state index in [1.807, 2.05) is 13.8 Å². The maximum absolute atomic E-state index is 13.3. The summed E-state index contributed by atoms with van der Waals surface area (Å²) in [4.78, 5) is 13.0. The van der Waals surface area contributed by atoms with Crippen LogP contribution in [0.15, 0.2) is 54.7 Å². The lowest BCUT2D eigenvalue weighted by Crippen LogP contribution is -2.34. The molecule has 3 aromatic rings. The van der Waals surface area contributed by atoms with Gasteiger partial charge in [-0.05, 0) is 42.0 Å². The van der Waals surface area contributed by atoms with Crippen molar-refractivity contribution < 1.29 is 21.9 Å². The van der Waals surface area contributed by atoms with Crippen LogP contribution in [-0.4, -0.2) is 37.6 Å². The summed E-state index contributed by atoms with van der Waals surface area (Å²) in [6, 6.07) is 6.69. The molecule has 4 rings (SSSR count). The second kappa shape index (κ2) is 8.61. The van der Waals surface area contributed by atoms with Crippen molar-refractivity contribution in [1.82, 2.24) is 9.78 Å². The number of nitrogens with two attached hydrogens (primary N) is 1. The van der Waals surface area contributed by atoms with Crippen LogP contribution in [0.4, 0.5) is 5.69 Å². The minimum absolute atomic E-state index is 0.0144. The number of amidine groups is 1. The summed E-state index contributed by atoms with van der Waals surface area (Å²) in [6.07, 6.45) is 0.623. The molecule has 0 aliphatic carbocycles. The second-order valence-electron chi connectivity index (χ2n) is 8.00. The van der Waals surface area contributed by atoms with Crippen LogP contribution < -0.4 is 16.0 Å². The largest absolute Gasteiger partial charge is 0.505 e. The Morgan fingerprint density at radius 2 is 2.00 bits per heavy atom. The first kappa shape index (κ1) is 24.1. The Labute approximate surface area is 199 Å². The second-order valence-corrected chi connectivity index (χ2v) is 12.1. The Balaban J connectivity index is 1.92. The average Bonchev–Trinajstić information content (AvgIpc) is 3.26. The standard InChI is InChI=1S/C20H21N5O6S3/c1-11(2)7-8-25-20(27)16(18(26)17(23-25)14-4-3-9-32-14)19-22-13-6-5-12(33(21,28)29)10-15(13)34(30,31)24-19/h3-6,9-11,26H,7-8H2,1-2H3,(H,22,24)(H2,21,28,29). The van der Waals surface area contributed by atoms with Crippen molar-refractivity contribution in [3.05, 3.63) is 51.6 Å². The highest BCUT2D eigenvalue weighted by Gasteiger charge is 2.31. The molecule has 2 aromatic heterocycles. The third-order valence-corrected chi connectivity index (χ3v) is 8.17. The van der Waals surface area contributed by atoms with Crippen LogP contribution in [-0.2, 0) is 26.6 Å². The molecule has 1 aliphatic heterocycles. The number of aromatic hydroxyl groups is 1.